The monoisotopic (exact) mass is 923 g/mol. The molecule has 0 saturated carbocycles. The highest BCUT2D eigenvalue weighted by Gasteiger charge is 2.19. The van der Waals surface area contributed by atoms with Crippen LogP contribution in [-0.4, -0.2) is 13.7 Å². The molecule has 0 saturated heterocycles. The average molecular weight is 924 g/mol. The van der Waals surface area contributed by atoms with Crippen molar-refractivity contribution in [2.24, 2.45) is 0 Å². The second-order valence-corrected chi connectivity index (χ2v) is 19.6. The first-order valence-corrected chi connectivity index (χ1v) is 25.0. The molecule has 332 valence electrons. The smallest absolute Gasteiger partial charge is 0.128 e. The van der Waals surface area contributed by atoms with E-state index >= 15 is 0 Å². The Morgan fingerprint density at radius 2 is 0.606 bits per heavy atom. The zero-order chi connectivity index (χ0) is 46.6. The van der Waals surface area contributed by atoms with Crippen molar-refractivity contribution >= 4 is 96.9 Å². The number of hydrogen-bond donors (Lipinski definition) is 0. The van der Waals surface area contributed by atoms with Crippen molar-refractivity contribution in [1.29, 1.82) is 0 Å². The van der Waals surface area contributed by atoms with E-state index in [1.165, 1.54) is 96.8 Å². The van der Waals surface area contributed by atoms with Crippen LogP contribution in [0.25, 0.3) is 125 Å². The number of thiophene rings is 1. The molecule has 0 fully saturated rings. The van der Waals surface area contributed by atoms with Crippen LogP contribution in [0.2, 0.25) is 0 Å². The van der Waals surface area contributed by atoms with Crippen molar-refractivity contribution in [3.8, 4) is 50.8 Å². The van der Waals surface area contributed by atoms with Crippen LogP contribution in [0.5, 0.6) is 11.5 Å². The number of nitrogens with zero attached hydrogens (tertiary/aromatic N) is 3. The number of benzene rings is 11. The maximum absolute atomic E-state index is 6.54. The summed E-state index contributed by atoms with van der Waals surface area (Å²) in [5.41, 5.74) is 15.2. The SMILES string of the molecule is c1ccc(-n2c3ccccc3c3cc(-c4ccc5c(c4)c4cc(-c6ccc7c(c6)c6ccccc6n7-c6ccccc6)ccc4n5-c4ccc(Oc5ccc6sc7ccccc7c6c5)cc4)ccc32)cc1. The molecule has 71 heavy (non-hydrogen) atoms. The Balaban J connectivity index is 0.877. The van der Waals surface area contributed by atoms with E-state index in [-0.39, 0.29) is 0 Å². The molecule has 15 aromatic rings. The van der Waals surface area contributed by atoms with Crippen LogP contribution < -0.4 is 4.74 Å². The highest BCUT2D eigenvalue weighted by Crippen LogP contribution is 2.42. The fourth-order valence-electron chi connectivity index (χ4n) is 11.2. The van der Waals surface area contributed by atoms with Crippen LogP contribution in [0.15, 0.2) is 249 Å². The van der Waals surface area contributed by atoms with Crippen molar-refractivity contribution in [1.82, 2.24) is 13.7 Å². The maximum atomic E-state index is 6.54. The number of para-hydroxylation sites is 4. The molecule has 0 N–H and O–H groups in total. The molecule has 0 aliphatic carbocycles. The standard InChI is InChI=1S/C66H41N3OS/c1-3-13-46(14-4-1)67-59-20-10-7-17-51(59)54-37-42(23-32-61(54)67)44-25-34-63-56(39-44)57-40-45(43-24-33-62-55(38-43)52-18-8-11-21-60(52)68(62)47-15-5-2-6-16-47)26-35-64(57)69(63)48-27-29-49(30-28-48)70-50-31-36-66-58(41-50)53-19-9-12-22-65(53)71-66/h1-41H. The van der Waals surface area contributed by atoms with Crippen molar-refractivity contribution in [2.45, 2.75) is 0 Å². The van der Waals surface area contributed by atoms with Gasteiger partial charge >= 0.3 is 0 Å². The highest BCUT2D eigenvalue weighted by molar-refractivity contribution is 7.25. The fourth-order valence-corrected chi connectivity index (χ4v) is 12.3. The zero-order valence-corrected chi connectivity index (χ0v) is 39.1. The number of aromatic nitrogens is 3. The summed E-state index contributed by atoms with van der Waals surface area (Å²) in [5, 5.41) is 9.84. The molecule has 0 unspecified atom stereocenters. The van der Waals surface area contributed by atoms with E-state index in [0.29, 0.717) is 0 Å². The molecular weight excluding hydrogens is 883 g/mol. The molecule has 15 rings (SSSR count). The van der Waals surface area contributed by atoms with Crippen molar-refractivity contribution in [2.75, 3.05) is 0 Å². The Bertz CT molecular complexity index is 4380. The average Bonchev–Trinajstić information content (AvgIpc) is 4.17. The van der Waals surface area contributed by atoms with Crippen molar-refractivity contribution < 1.29 is 4.74 Å². The molecular formula is C66H41N3OS. The summed E-state index contributed by atoms with van der Waals surface area (Å²) in [6, 6.07) is 90.3. The van der Waals surface area contributed by atoms with Gasteiger partial charge in [-0.15, -0.1) is 11.3 Å². The normalized spacial score (nSPS) is 11.9. The quantitative estimate of drug-likeness (QED) is 0.156. The first-order chi connectivity index (χ1) is 35.2. The Kier molecular flexibility index (Phi) is 8.79. The van der Waals surface area contributed by atoms with E-state index in [1.54, 1.807) is 0 Å². The number of hydrogen-bond acceptors (Lipinski definition) is 2. The lowest BCUT2D eigenvalue weighted by atomic mass is 9.98. The Morgan fingerprint density at radius 1 is 0.239 bits per heavy atom. The van der Waals surface area contributed by atoms with Gasteiger partial charge < -0.3 is 18.4 Å². The van der Waals surface area contributed by atoms with Crippen molar-refractivity contribution in [3.05, 3.63) is 249 Å². The molecule has 4 heterocycles. The van der Waals surface area contributed by atoms with Gasteiger partial charge in [0, 0.05) is 69.6 Å². The Labute approximate surface area is 412 Å². The van der Waals surface area contributed by atoms with Gasteiger partial charge in [0.05, 0.1) is 33.1 Å². The minimum atomic E-state index is 0.797. The van der Waals surface area contributed by atoms with Crippen molar-refractivity contribution in [3.63, 3.8) is 0 Å². The zero-order valence-electron chi connectivity index (χ0n) is 38.3. The predicted molar refractivity (Wildman–Crippen MR) is 300 cm³/mol. The minimum Gasteiger partial charge on any atom is -0.457 e. The second-order valence-electron chi connectivity index (χ2n) is 18.5. The lowest BCUT2D eigenvalue weighted by Crippen LogP contribution is -1.94. The van der Waals surface area contributed by atoms with Crippen LogP contribution in [0.3, 0.4) is 0 Å². The minimum absolute atomic E-state index is 0.797. The molecule has 4 nitrogen and oxygen atoms in total. The first kappa shape index (κ1) is 39.8. The second kappa shape index (κ2) is 15.7. The van der Waals surface area contributed by atoms with Gasteiger partial charge in [0.2, 0.25) is 0 Å². The summed E-state index contributed by atoms with van der Waals surface area (Å²) < 4.78 is 16.3. The summed E-state index contributed by atoms with van der Waals surface area (Å²) in [7, 11) is 0. The molecule has 0 aliphatic rings. The first-order valence-electron chi connectivity index (χ1n) is 24.1. The predicted octanol–water partition coefficient (Wildman–Crippen LogP) is 18.5. The summed E-state index contributed by atoms with van der Waals surface area (Å²) >= 11 is 1.82. The Hall–Kier alpha value is -9.16. The third-order valence-electron chi connectivity index (χ3n) is 14.5. The molecule has 11 aromatic carbocycles. The van der Waals surface area contributed by atoms with E-state index in [0.717, 1.165) is 39.6 Å². The van der Waals surface area contributed by atoms with E-state index in [4.69, 9.17) is 4.74 Å². The van der Waals surface area contributed by atoms with Crippen LogP contribution in [0.1, 0.15) is 0 Å². The molecule has 0 atom stereocenters. The lowest BCUT2D eigenvalue weighted by molar-refractivity contribution is 0.483. The van der Waals surface area contributed by atoms with Crippen LogP contribution in [-0.2, 0) is 0 Å². The molecule has 0 aliphatic heterocycles. The van der Waals surface area contributed by atoms with Gasteiger partial charge in [0.25, 0.3) is 0 Å². The fraction of sp³-hybridized carbons (Fsp3) is 0. The van der Waals surface area contributed by atoms with E-state index in [9.17, 15) is 0 Å². The maximum Gasteiger partial charge on any atom is 0.128 e. The van der Waals surface area contributed by atoms with Gasteiger partial charge in [0.1, 0.15) is 11.5 Å². The number of fused-ring (bicyclic) bond motifs is 12. The molecule has 0 spiro atoms. The van der Waals surface area contributed by atoms with Gasteiger partial charge in [-0.2, -0.15) is 0 Å². The van der Waals surface area contributed by atoms with Crippen LogP contribution in [0, 0.1) is 0 Å². The number of rotatable bonds is 7. The Morgan fingerprint density at radius 3 is 1.10 bits per heavy atom. The molecule has 4 aromatic heterocycles. The van der Waals surface area contributed by atoms with Crippen LogP contribution >= 0.6 is 11.3 Å². The van der Waals surface area contributed by atoms with Gasteiger partial charge in [-0.05, 0) is 156 Å². The molecule has 0 bridgehead atoms. The summed E-state index contributed by atoms with van der Waals surface area (Å²) in [6.07, 6.45) is 0. The van der Waals surface area contributed by atoms with E-state index < -0.39 is 0 Å². The molecule has 5 heteroatoms. The third-order valence-corrected chi connectivity index (χ3v) is 15.6. The lowest BCUT2D eigenvalue weighted by Gasteiger charge is -2.11. The summed E-state index contributed by atoms with van der Waals surface area (Å²) in [6.45, 7) is 0. The highest BCUT2D eigenvalue weighted by atomic mass is 32.1. The number of ether oxygens (including phenoxy) is 1. The topological polar surface area (TPSA) is 24.0 Å². The largest absolute Gasteiger partial charge is 0.457 e. The van der Waals surface area contributed by atoms with Gasteiger partial charge in [0.15, 0.2) is 0 Å². The van der Waals surface area contributed by atoms with E-state index in [2.05, 4.69) is 262 Å². The van der Waals surface area contributed by atoms with Crippen LogP contribution in [0.4, 0.5) is 0 Å². The molecule has 0 radical (unpaired) electrons. The van der Waals surface area contributed by atoms with Gasteiger partial charge in [-0.1, -0.05) is 115 Å². The van der Waals surface area contributed by atoms with Gasteiger partial charge in [-0.25, -0.2) is 0 Å². The van der Waals surface area contributed by atoms with E-state index in [1.807, 2.05) is 11.3 Å². The van der Waals surface area contributed by atoms with Gasteiger partial charge in [-0.3, -0.25) is 0 Å². The molecule has 0 amide bonds. The summed E-state index contributed by atoms with van der Waals surface area (Å²) in [5.74, 6) is 1.63. The summed E-state index contributed by atoms with van der Waals surface area (Å²) in [4.78, 5) is 0. The third kappa shape index (κ3) is 6.30.